The van der Waals surface area contributed by atoms with Gasteiger partial charge >= 0.3 is 0 Å². The number of carboxylic acid groups (broad SMARTS) is 1. The van der Waals surface area contributed by atoms with Gasteiger partial charge in [-0.1, -0.05) is 0 Å². The highest BCUT2D eigenvalue weighted by Crippen LogP contribution is 2.12. The number of hydrogen-bond acceptors (Lipinski definition) is 4. The Morgan fingerprint density at radius 1 is 1.62 bits per heavy atom. The standard InChI is InChI=1S/C4H10N2O3S.CH2O2/c1-9-4-2-6(3-4)10(5,7)8;2-1-3/h4H,2-3H2,1H3,(H2,5,7,8);1H,(H,2,3). The Bertz CT molecular complexity index is 246. The van der Waals surface area contributed by atoms with E-state index in [1.165, 1.54) is 4.31 Å². The van der Waals surface area contributed by atoms with Crippen LogP contribution < -0.4 is 5.14 Å². The summed E-state index contributed by atoms with van der Waals surface area (Å²) in [5.74, 6) is 0. The van der Waals surface area contributed by atoms with E-state index in [-0.39, 0.29) is 12.6 Å². The molecule has 0 amide bonds. The molecule has 0 spiro atoms. The lowest BCUT2D eigenvalue weighted by Crippen LogP contribution is -2.56. The van der Waals surface area contributed by atoms with Gasteiger partial charge in [0.2, 0.25) is 0 Å². The van der Waals surface area contributed by atoms with E-state index in [1.807, 2.05) is 0 Å². The number of nitrogens with two attached hydrogens (primary N) is 1. The predicted octanol–water partition coefficient (Wildman–Crippen LogP) is -1.78. The maximum Gasteiger partial charge on any atom is 0.290 e. The Morgan fingerprint density at radius 3 is 2.23 bits per heavy atom. The van der Waals surface area contributed by atoms with Crippen molar-refractivity contribution < 1.29 is 23.1 Å². The smallest absolute Gasteiger partial charge is 0.290 e. The minimum atomic E-state index is -3.46. The minimum absolute atomic E-state index is 0.0262. The number of ether oxygens (including phenoxy) is 1. The second-order valence-corrected chi connectivity index (χ2v) is 3.87. The Kier molecular flexibility index (Phi) is 4.85. The molecule has 8 heteroatoms. The first-order valence-electron chi connectivity index (χ1n) is 3.34. The maximum atomic E-state index is 10.5. The van der Waals surface area contributed by atoms with Crippen molar-refractivity contribution in [3.8, 4) is 0 Å². The SMILES string of the molecule is COC1CN(S(N)(=O)=O)C1.O=CO. The van der Waals surface area contributed by atoms with Crippen LogP contribution in [-0.2, 0) is 19.7 Å². The molecule has 13 heavy (non-hydrogen) atoms. The van der Waals surface area contributed by atoms with E-state index >= 15 is 0 Å². The van der Waals surface area contributed by atoms with Gasteiger partial charge in [0.25, 0.3) is 16.7 Å². The summed E-state index contributed by atoms with van der Waals surface area (Å²) in [5, 5.41) is 11.7. The lowest BCUT2D eigenvalue weighted by molar-refractivity contribution is -0.122. The summed E-state index contributed by atoms with van der Waals surface area (Å²) >= 11 is 0. The van der Waals surface area contributed by atoms with Gasteiger partial charge in [-0.2, -0.15) is 12.7 Å². The molecule has 7 nitrogen and oxygen atoms in total. The molecule has 78 valence electrons. The van der Waals surface area contributed by atoms with Crippen molar-refractivity contribution in [1.29, 1.82) is 0 Å². The molecule has 0 aliphatic carbocycles. The molecule has 0 radical (unpaired) electrons. The van der Waals surface area contributed by atoms with Crippen LogP contribution in [0.4, 0.5) is 0 Å². The van der Waals surface area contributed by atoms with E-state index in [1.54, 1.807) is 7.11 Å². The van der Waals surface area contributed by atoms with Crippen molar-refractivity contribution >= 4 is 16.7 Å². The van der Waals surface area contributed by atoms with Gasteiger partial charge in [-0.3, -0.25) is 4.79 Å². The van der Waals surface area contributed by atoms with E-state index in [4.69, 9.17) is 19.8 Å². The quantitative estimate of drug-likeness (QED) is 0.526. The molecule has 0 bridgehead atoms. The fourth-order valence-electron chi connectivity index (χ4n) is 0.758. The zero-order valence-electron chi connectivity index (χ0n) is 7.08. The number of methoxy groups -OCH3 is 1. The van der Waals surface area contributed by atoms with Gasteiger partial charge in [0, 0.05) is 20.2 Å². The molecule has 1 aliphatic rings. The van der Waals surface area contributed by atoms with Crippen LogP contribution >= 0.6 is 0 Å². The summed E-state index contributed by atoms with van der Waals surface area (Å²) in [7, 11) is -1.91. The van der Waals surface area contributed by atoms with Gasteiger partial charge in [0.05, 0.1) is 6.10 Å². The summed E-state index contributed by atoms with van der Waals surface area (Å²) < 4.78 is 27.1. The van der Waals surface area contributed by atoms with Crippen molar-refractivity contribution in [1.82, 2.24) is 4.31 Å². The molecule has 3 N–H and O–H groups in total. The van der Waals surface area contributed by atoms with E-state index < -0.39 is 10.2 Å². The van der Waals surface area contributed by atoms with Gasteiger partial charge in [-0.05, 0) is 0 Å². The molecule has 1 fully saturated rings. The fourth-order valence-corrected chi connectivity index (χ4v) is 1.51. The highest BCUT2D eigenvalue weighted by molar-refractivity contribution is 7.86. The van der Waals surface area contributed by atoms with Gasteiger partial charge in [-0.25, -0.2) is 5.14 Å². The zero-order valence-corrected chi connectivity index (χ0v) is 7.90. The van der Waals surface area contributed by atoms with Gasteiger partial charge < -0.3 is 9.84 Å². The molecule has 0 aromatic carbocycles. The van der Waals surface area contributed by atoms with Gasteiger partial charge in [-0.15, -0.1) is 0 Å². The molecule has 0 aromatic rings. The molecule has 1 rings (SSSR count). The van der Waals surface area contributed by atoms with Crippen molar-refractivity contribution in [2.24, 2.45) is 5.14 Å². The third kappa shape index (κ3) is 4.18. The summed E-state index contributed by atoms with van der Waals surface area (Å²) in [6.45, 7) is 0.519. The molecule has 1 aliphatic heterocycles. The Balaban J connectivity index is 0.000000424. The summed E-state index contributed by atoms with van der Waals surface area (Å²) in [6, 6.07) is 0. The van der Waals surface area contributed by atoms with Crippen molar-refractivity contribution in [3.05, 3.63) is 0 Å². The number of rotatable bonds is 2. The first-order chi connectivity index (χ1) is 5.95. The zero-order chi connectivity index (χ0) is 10.5. The lowest BCUT2D eigenvalue weighted by atomic mass is 10.2. The largest absolute Gasteiger partial charge is 0.483 e. The fraction of sp³-hybridized carbons (Fsp3) is 0.800. The first kappa shape index (κ1) is 12.3. The molecule has 1 saturated heterocycles. The molecule has 1 heterocycles. The van der Waals surface area contributed by atoms with Crippen LogP contribution in [0, 0.1) is 0 Å². The van der Waals surface area contributed by atoms with Crippen LogP contribution in [0.25, 0.3) is 0 Å². The molecular weight excluding hydrogens is 200 g/mol. The van der Waals surface area contributed by atoms with Crippen LogP contribution in [-0.4, -0.2) is 50.6 Å². The van der Waals surface area contributed by atoms with E-state index in [2.05, 4.69) is 0 Å². The summed E-state index contributed by atoms with van der Waals surface area (Å²) in [6.07, 6.45) is 0.0262. The van der Waals surface area contributed by atoms with E-state index in [9.17, 15) is 8.42 Å². The van der Waals surface area contributed by atoms with Gasteiger partial charge in [0.1, 0.15) is 0 Å². The van der Waals surface area contributed by atoms with Crippen LogP contribution in [0.1, 0.15) is 0 Å². The average molecular weight is 212 g/mol. The highest BCUT2D eigenvalue weighted by Gasteiger charge is 2.33. The van der Waals surface area contributed by atoms with Crippen LogP contribution in [0.2, 0.25) is 0 Å². The third-order valence-electron chi connectivity index (χ3n) is 1.51. The van der Waals surface area contributed by atoms with Crippen molar-refractivity contribution in [2.75, 3.05) is 20.2 Å². The predicted molar refractivity (Wildman–Crippen MR) is 44.2 cm³/mol. The first-order valence-corrected chi connectivity index (χ1v) is 4.84. The lowest BCUT2D eigenvalue weighted by Gasteiger charge is -2.35. The van der Waals surface area contributed by atoms with Crippen molar-refractivity contribution in [3.63, 3.8) is 0 Å². The number of hydrogen-bond donors (Lipinski definition) is 2. The molecule has 0 unspecified atom stereocenters. The molecular formula is C5H12N2O5S. The Hall–Kier alpha value is -0.700. The second-order valence-electron chi connectivity index (χ2n) is 2.33. The minimum Gasteiger partial charge on any atom is -0.483 e. The average Bonchev–Trinajstić information content (AvgIpc) is 1.82. The van der Waals surface area contributed by atoms with E-state index in [0.717, 1.165) is 0 Å². The normalized spacial score (nSPS) is 18.3. The van der Waals surface area contributed by atoms with Gasteiger partial charge in [0.15, 0.2) is 0 Å². The van der Waals surface area contributed by atoms with Crippen LogP contribution in [0.3, 0.4) is 0 Å². The highest BCUT2D eigenvalue weighted by atomic mass is 32.2. The van der Waals surface area contributed by atoms with Crippen LogP contribution in [0.5, 0.6) is 0 Å². The molecule has 0 atom stereocenters. The Morgan fingerprint density at radius 2 is 2.00 bits per heavy atom. The maximum absolute atomic E-state index is 10.5. The second kappa shape index (κ2) is 5.12. The molecule has 0 aromatic heterocycles. The molecule has 0 saturated carbocycles. The van der Waals surface area contributed by atoms with Crippen LogP contribution in [0.15, 0.2) is 0 Å². The monoisotopic (exact) mass is 212 g/mol. The number of nitrogens with zero attached hydrogens (tertiary/aromatic N) is 1. The number of carbonyl (C=O) groups is 1. The third-order valence-corrected chi connectivity index (χ3v) is 2.53. The van der Waals surface area contributed by atoms with E-state index in [0.29, 0.717) is 13.1 Å². The van der Waals surface area contributed by atoms with Crippen molar-refractivity contribution in [2.45, 2.75) is 6.10 Å². The Labute approximate surface area is 76.3 Å². The summed E-state index contributed by atoms with van der Waals surface area (Å²) in [5.41, 5.74) is 0. The summed E-state index contributed by atoms with van der Waals surface area (Å²) in [4.78, 5) is 8.36. The topological polar surface area (TPSA) is 110 Å².